The number of nitrogens with zero attached hydrogens (tertiary/aromatic N) is 3. The van der Waals surface area contributed by atoms with Crippen molar-refractivity contribution in [2.45, 2.75) is 17.1 Å². The molecule has 0 spiro atoms. The van der Waals surface area contributed by atoms with Crippen molar-refractivity contribution < 1.29 is 31.9 Å². The molecule has 3 aromatic rings. The minimum Gasteiger partial charge on any atom is -0.476 e. The van der Waals surface area contributed by atoms with E-state index in [1.807, 2.05) is 0 Å². The van der Waals surface area contributed by atoms with Gasteiger partial charge in [0.1, 0.15) is 22.4 Å². The summed E-state index contributed by atoms with van der Waals surface area (Å²) in [7, 11) is -3.94. The summed E-state index contributed by atoms with van der Waals surface area (Å²) in [5.41, 5.74) is 2.06. The van der Waals surface area contributed by atoms with Crippen LogP contribution >= 0.6 is 11.3 Å². The van der Waals surface area contributed by atoms with E-state index in [2.05, 4.69) is 9.98 Å². The van der Waals surface area contributed by atoms with Crippen LogP contribution in [-0.2, 0) is 37.0 Å². The van der Waals surface area contributed by atoms with Gasteiger partial charge in [-0.05, 0) is 47.5 Å². The summed E-state index contributed by atoms with van der Waals surface area (Å²) in [6.45, 7) is 1.06. The molecule has 5 rings (SSSR count). The second-order valence-corrected chi connectivity index (χ2v) is 11.4. The van der Waals surface area contributed by atoms with E-state index in [0.717, 1.165) is 17.0 Å². The fourth-order valence-corrected chi connectivity index (χ4v) is 6.31. The first-order valence-electron chi connectivity index (χ1n) is 10.8. The quantitative estimate of drug-likeness (QED) is 0.432. The van der Waals surface area contributed by atoms with Gasteiger partial charge in [0.15, 0.2) is 20.8 Å². The lowest BCUT2D eigenvalue weighted by molar-refractivity contribution is -0.118. The molecular weight excluding hydrogens is 509 g/mol. The molecule has 0 fully saturated rings. The number of imide groups is 1. The van der Waals surface area contributed by atoms with Crippen LogP contribution in [0.2, 0.25) is 0 Å². The molecule has 9 nitrogen and oxygen atoms in total. The van der Waals surface area contributed by atoms with E-state index < -0.39 is 38.3 Å². The van der Waals surface area contributed by atoms with Gasteiger partial charge in [0, 0.05) is 23.7 Å². The Morgan fingerprint density at radius 1 is 1.14 bits per heavy atom. The van der Waals surface area contributed by atoms with E-state index in [0.29, 0.717) is 52.6 Å². The highest BCUT2D eigenvalue weighted by Gasteiger charge is 2.33. The van der Waals surface area contributed by atoms with Crippen molar-refractivity contribution >= 4 is 50.5 Å². The Bertz CT molecular complexity index is 1530. The molecule has 0 aliphatic carbocycles. The number of ether oxygens (including phenoxy) is 1. The molecule has 0 radical (unpaired) electrons. The third-order valence-corrected chi connectivity index (χ3v) is 8.74. The Hall–Kier alpha value is -3.77. The predicted octanol–water partition coefficient (Wildman–Crippen LogP) is 2.37. The average molecular weight is 528 g/mol. The van der Waals surface area contributed by atoms with Crippen molar-refractivity contribution in [3.05, 3.63) is 76.0 Å². The Balaban J connectivity index is 1.29. The fourth-order valence-electron chi connectivity index (χ4n) is 3.98. The largest absolute Gasteiger partial charge is 0.476 e. The minimum absolute atomic E-state index is 0.00865. The van der Waals surface area contributed by atoms with Gasteiger partial charge in [-0.2, -0.15) is 4.39 Å². The van der Waals surface area contributed by atoms with Crippen LogP contribution in [0.15, 0.2) is 57.9 Å². The molecule has 0 saturated carbocycles. The molecule has 12 heteroatoms. The summed E-state index contributed by atoms with van der Waals surface area (Å²) in [5, 5.41) is -0.650. The second kappa shape index (κ2) is 9.36. The molecule has 2 aliphatic heterocycles. The highest BCUT2D eigenvalue weighted by Crippen LogP contribution is 2.26. The Labute approximate surface area is 209 Å². The number of aliphatic imine (C=N–C) groups is 1. The van der Waals surface area contributed by atoms with E-state index in [4.69, 9.17) is 4.74 Å². The number of amides is 2. The lowest BCUT2D eigenvalue weighted by Crippen LogP contribution is -2.43. The Morgan fingerprint density at radius 2 is 1.97 bits per heavy atom. The molecule has 0 atom stereocenters. The molecule has 36 heavy (non-hydrogen) atoms. The van der Waals surface area contributed by atoms with Crippen LogP contribution in [0.5, 0.6) is 0 Å². The average Bonchev–Trinajstić information content (AvgIpc) is 3.52. The Morgan fingerprint density at radius 3 is 2.64 bits per heavy atom. The zero-order chi connectivity index (χ0) is 25.4. The number of thiophene rings is 1. The maximum atomic E-state index is 13.2. The second-order valence-electron chi connectivity index (χ2n) is 8.18. The number of carbonyl (C=O) groups excluding carboxylic acids is 3. The van der Waals surface area contributed by atoms with Crippen molar-refractivity contribution in [2.75, 3.05) is 23.8 Å². The zero-order valence-electron chi connectivity index (χ0n) is 18.6. The van der Waals surface area contributed by atoms with Crippen LogP contribution in [0.1, 0.15) is 27.0 Å². The fraction of sp³-hybridized carbons (Fsp3) is 0.208. The van der Waals surface area contributed by atoms with Crippen molar-refractivity contribution in [1.82, 2.24) is 4.98 Å². The van der Waals surface area contributed by atoms with Crippen LogP contribution in [0.3, 0.4) is 0 Å². The summed E-state index contributed by atoms with van der Waals surface area (Å²) in [4.78, 5) is 47.6. The highest BCUT2D eigenvalue weighted by molar-refractivity contribution is 7.94. The minimum atomic E-state index is -3.94. The van der Waals surface area contributed by atoms with Crippen molar-refractivity contribution in [3.8, 4) is 0 Å². The molecule has 4 heterocycles. The highest BCUT2D eigenvalue weighted by atomic mass is 32.2. The van der Waals surface area contributed by atoms with Gasteiger partial charge in [0.2, 0.25) is 11.8 Å². The van der Waals surface area contributed by atoms with E-state index in [9.17, 15) is 27.2 Å². The number of carbonyl (C=O) groups is 3. The molecule has 0 N–H and O–H groups in total. The SMILES string of the molecule is O=C(Cc1ccc(N2C(=O)Cc3cc(C4=NCCO4)ccc3C2=O)nc1)CS(=O)(=O)c1ccc(F)s1. The van der Waals surface area contributed by atoms with Crippen LogP contribution in [-0.4, -0.2) is 55.8 Å². The number of benzene rings is 1. The van der Waals surface area contributed by atoms with Gasteiger partial charge in [-0.1, -0.05) is 17.4 Å². The molecule has 0 unspecified atom stereocenters. The molecule has 2 amide bonds. The number of aromatic nitrogens is 1. The molecule has 0 bridgehead atoms. The van der Waals surface area contributed by atoms with Crippen LogP contribution in [0.4, 0.5) is 10.2 Å². The summed E-state index contributed by atoms with van der Waals surface area (Å²) in [5.74, 6) is -1.75. The molecule has 2 aromatic heterocycles. The third kappa shape index (κ3) is 4.69. The normalized spacial score (nSPS) is 15.5. The monoisotopic (exact) mass is 527 g/mol. The van der Waals surface area contributed by atoms with Gasteiger partial charge >= 0.3 is 0 Å². The maximum absolute atomic E-state index is 13.2. The lowest BCUT2D eigenvalue weighted by Gasteiger charge is -2.26. The van der Waals surface area contributed by atoms with Gasteiger partial charge in [-0.25, -0.2) is 23.3 Å². The summed E-state index contributed by atoms with van der Waals surface area (Å²) < 4.78 is 43.0. The van der Waals surface area contributed by atoms with Crippen LogP contribution in [0, 0.1) is 5.13 Å². The van der Waals surface area contributed by atoms with E-state index >= 15 is 0 Å². The number of fused-ring (bicyclic) bond motifs is 1. The number of anilines is 1. The number of hydrogen-bond donors (Lipinski definition) is 0. The molecule has 1 aromatic carbocycles. The number of halogens is 1. The first-order valence-corrected chi connectivity index (χ1v) is 13.3. The van der Waals surface area contributed by atoms with Gasteiger partial charge in [0.05, 0.1) is 13.0 Å². The summed E-state index contributed by atoms with van der Waals surface area (Å²) in [6, 6.07) is 10.2. The number of hydrogen-bond acceptors (Lipinski definition) is 9. The van der Waals surface area contributed by atoms with Crippen molar-refractivity contribution in [1.29, 1.82) is 0 Å². The smallest absolute Gasteiger partial charge is 0.266 e. The summed E-state index contributed by atoms with van der Waals surface area (Å²) in [6.07, 6.45) is 1.09. The maximum Gasteiger partial charge on any atom is 0.266 e. The third-order valence-electron chi connectivity index (χ3n) is 5.61. The molecule has 184 valence electrons. The number of pyridine rings is 1. The van der Waals surface area contributed by atoms with E-state index in [-0.39, 0.29) is 22.9 Å². The first-order chi connectivity index (χ1) is 17.2. The topological polar surface area (TPSA) is 123 Å². The lowest BCUT2D eigenvalue weighted by atomic mass is 9.96. The van der Waals surface area contributed by atoms with Gasteiger partial charge in [0.25, 0.3) is 5.91 Å². The van der Waals surface area contributed by atoms with Gasteiger partial charge in [-0.15, -0.1) is 0 Å². The molecule has 2 aliphatic rings. The van der Waals surface area contributed by atoms with Gasteiger partial charge < -0.3 is 4.74 Å². The Kier molecular flexibility index (Phi) is 6.22. The van der Waals surface area contributed by atoms with E-state index in [1.165, 1.54) is 18.3 Å². The number of Topliss-reactive ketones (excluding diaryl/α,β-unsaturated/α-hetero) is 1. The van der Waals surface area contributed by atoms with Crippen LogP contribution < -0.4 is 4.90 Å². The standard InChI is InChI=1S/C24H18FN3O6S2/c25-19-4-6-22(35-19)36(32,33)13-17(29)9-14-1-5-20(27-12-14)28-21(30)11-16-10-15(23-26-7-8-34-23)2-3-18(16)24(28)31/h1-6,10,12H,7-9,11,13H2. The number of ketones is 1. The van der Waals surface area contributed by atoms with Crippen molar-refractivity contribution in [2.24, 2.45) is 4.99 Å². The van der Waals surface area contributed by atoms with E-state index in [1.54, 1.807) is 18.2 Å². The number of sulfone groups is 1. The van der Waals surface area contributed by atoms with Crippen LogP contribution in [0.25, 0.3) is 0 Å². The summed E-state index contributed by atoms with van der Waals surface area (Å²) >= 11 is 0.463. The van der Waals surface area contributed by atoms with Gasteiger partial charge in [-0.3, -0.25) is 14.4 Å². The molecule has 0 saturated heterocycles. The van der Waals surface area contributed by atoms with Crippen molar-refractivity contribution in [3.63, 3.8) is 0 Å². The zero-order valence-corrected chi connectivity index (χ0v) is 20.3. The number of rotatable bonds is 7. The first kappa shape index (κ1) is 23.9. The predicted molar refractivity (Wildman–Crippen MR) is 129 cm³/mol. The molecular formula is C24H18FN3O6S2.